The Labute approximate surface area is 166 Å². The van der Waals surface area contributed by atoms with Crippen molar-refractivity contribution in [3.63, 3.8) is 0 Å². The van der Waals surface area contributed by atoms with Gasteiger partial charge >= 0.3 is 11.9 Å². The summed E-state index contributed by atoms with van der Waals surface area (Å²) in [5.41, 5.74) is 3.27. The first-order chi connectivity index (χ1) is 13.2. The minimum Gasteiger partial charge on any atom is -0.468 e. The number of allylic oxidation sites excluding steroid dienone is 1. The van der Waals surface area contributed by atoms with E-state index in [1.54, 1.807) is 26.2 Å². The van der Waals surface area contributed by atoms with Gasteiger partial charge in [-0.15, -0.1) is 0 Å². The number of carbonyl (C=O) groups is 2. The molecular weight excluding hydrogens is 356 g/mol. The molecule has 1 heterocycles. The van der Waals surface area contributed by atoms with E-state index < -0.39 is 11.5 Å². The zero-order valence-corrected chi connectivity index (χ0v) is 17.6. The molecule has 0 N–H and O–H groups in total. The quantitative estimate of drug-likeness (QED) is 0.414. The Balaban J connectivity index is 2.02. The van der Waals surface area contributed by atoms with Crippen molar-refractivity contribution in [3.05, 3.63) is 46.4 Å². The van der Waals surface area contributed by atoms with Crippen LogP contribution in [0.5, 0.6) is 0 Å². The maximum absolute atomic E-state index is 12.4. The molecule has 2 aliphatic rings. The fraction of sp³-hybridized carbons (Fsp3) is 0.565. The maximum atomic E-state index is 12.4. The van der Waals surface area contributed by atoms with Gasteiger partial charge in [0.05, 0.1) is 6.26 Å². The average molecular weight is 386 g/mol. The van der Waals surface area contributed by atoms with Crippen molar-refractivity contribution in [1.82, 2.24) is 0 Å². The van der Waals surface area contributed by atoms with Crippen LogP contribution < -0.4 is 0 Å². The van der Waals surface area contributed by atoms with Crippen molar-refractivity contribution >= 4 is 11.9 Å². The largest absolute Gasteiger partial charge is 0.468 e. The molecule has 0 aromatic carbocycles. The Hall–Kier alpha value is -2.30. The molecule has 4 atom stereocenters. The predicted octanol–water partition coefficient (Wildman–Crippen LogP) is 4.99. The molecule has 0 fully saturated rings. The normalized spacial score (nSPS) is 29.4. The van der Waals surface area contributed by atoms with Crippen molar-refractivity contribution in [2.75, 3.05) is 0 Å². The monoisotopic (exact) mass is 386 g/mol. The van der Waals surface area contributed by atoms with Crippen LogP contribution >= 0.6 is 0 Å². The van der Waals surface area contributed by atoms with Crippen LogP contribution in [0.4, 0.5) is 0 Å². The van der Waals surface area contributed by atoms with E-state index in [9.17, 15) is 9.59 Å². The molecule has 0 radical (unpaired) electrons. The lowest BCUT2D eigenvalue weighted by Crippen LogP contribution is -2.48. The predicted molar refractivity (Wildman–Crippen MR) is 106 cm³/mol. The van der Waals surface area contributed by atoms with Gasteiger partial charge in [0.2, 0.25) is 0 Å². The van der Waals surface area contributed by atoms with E-state index in [1.165, 1.54) is 5.57 Å². The third-order valence-corrected chi connectivity index (χ3v) is 6.60. The molecule has 28 heavy (non-hydrogen) atoms. The van der Waals surface area contributed by atoms with E-state index in [2.05, 4.69) is 19.9 Å². The zero-order valence-electron chi connectivity index (χ0n) is 17.6. The van der Waals surface area contributed by atoms with Gasteiger partial charge < -0.3 is 13.9 Å². The molecule has 0 spiro atoms. The highest BCUT2D eigenvalue weighted by molar-refractivity contribution is 5.87. The van der Waals surface area contributed by atoms with Gasteiger partial charge in [-0.05, 0) is 26.3 Å². The second-order valence-electron chi connectivity index (χ2n) is 8.11. The van der Waals surface area contributed by atoms with Crippen molar-refractivity contribution in [1.29, 1.82) is 0 Å². The third kappa shape index (κ3) is 3.21. The van der Waals surface area contributed by atoms with Crippen LogP contribution in [0, 0.1) is 18.3 Å². The molecule has 0 unspecified atom stereocenters. The first-order valence-corrected chi connectivity index (χ1v) is 10.0. The smallest absolute Gasteiger partial charge is 0.333 e. The standard InChI is InChI=1S/C23H30O5/c1-7-13(3)22(25)27-17-10-9-16-11-18-20(14(4)12-26-18)21(28-19(24)8-2)23(16,6)15(17)5/h7,9,12,15,17,21H,8,10-11H2,1-6H3/b13-7-/t15-,17-,21+,23+/m0/s1. The number of carbonyl (C=O) groups excluding carboxylic acids is 2. The highest BCUT2D eigenvalue weighted by atomic mass is 16.6. The second-order valence-corrected chi connectivity index (χ2v) is 8.11. The fourth-order valence-corrected chi connectivity index (χ4v) is 4.39. The Morgan fingerprint density at radius 1 is 1.36 bits per heavy atom. The second kappa shape index (κ2) is 7.61. The number of aryl methyl sites for hydroxylation is 1. The number of furan rings is 1. The minimum absolute atomic E-state index is 0.0155. The number of fused-ring (bicyclic) bond motifs is 2. The Kier molecular flexibility index (Phi) is 5.55. The van der Waals surface area contributed by atoms with Crippen molar-refractivity contribution < 1.29 is 23.5 Å². The van der Waals surface area contributed by atoms with E-state index in [0.29, 0.717) is 24.8 Å². The van der Waals surface area contributed by atoms with Gasteiger partial charge in [-0.1, -0.05) is 38.5 Å². The summed E-state index contributed by atoms with van der Waals surface area (Å²) in [4.78, 5) is 24.6. The third-order valence-electron chi connectivity index (χ3n) is 6.60. The molecule has 0 amide bonds. The van der Waals surface area contributed by atoms with Gasteiger partial charge in [-0.2, -0.15) is 0 Å². The molecule has 0 aliphatic heterocycles. The summed E-state index contributed by atoms with van der Waals surface area (Å²) in [6.45, 7) is 11.6. The molecule has 1 aromatic rings. The van der Waals surface area contributed by atoms with Gasteiger partial charge in [0, 0.05) is 41.7 Å². The Morgan fingerprint density at radius 3 is 2.71 bits per heavy atom. The highest BCUT2D eigenvalue weighted by Crippen LogP contribution is 2.58. The Bertz CT molecular complexity index is 843. The van der Waals surface area contributed by atoms with Gasteiger partial charge in [0.1, 0.15) is 18.0 Å². The Morgan fingerprint density at radius 2 is 2.07 bits per heavy atom. The van der Waals surface area contributed by atoms with Crippen LogP contribution in [0.15, 0.2) is 34.0 Å². The molecule has 2 aliphatic carbocycles. The van der Waals surface area contributed by atoms with Crippen LogP contribution in [0.2, 0.25) is 0 Å². The maximum Gasteiger partial charge on any atom is 0.333 e. The zero-order chi connectivity index (χ0) is 20.6. The first-order valence-electron chi connectivity index (χ1n) is 10.0. The number of esters is 2. The lowest BCUT2D eigenvalue weighted by atomic mass is 9.58. The summed E-state index contributed by atoms with van der Waals surface area (Å²) in [5.74, 6) is 0.314. The van der Waals surface area contributed by atoms with E-state index in [4.69, 9.17) is 13.9 Å². The number of hydrogen-bond donors (Lipinski definition) is 0. The summed E-state index contributed by atoms with van der Waals surface area (Å²) >= 11 is 0. The van der Waals surface area contributed by atoms with Crippen LogP contribution in [0.3, 0.4) is 0 Å². The fourth-order valence-electron chi connectivity index (χ4n) is 4.39. The molecule has 3 rings (SSSR count). The number of hydrogen-bond acceptors (Lipinski definition) is 5. The van der Waals surface area contributed by atoms with Crippen LogP contribution in [-0.2, 0) is 25.5 Å². The van der Waals surface area contributed by atoms with Gasteiger partial charge in [0.15, 0.2) is 0 Å². The molecule has 1 aromatic heterocycles. The SMILES string of the molecule is C/C=C(/C)C(=O)O[C@H]1CC=C2Cc3occ(C)c3[C@@H](OC(=O)CC)[C@]2(C)[C@H]1C. The number of ether oxygens (including phenoxy) is 2. The van der Waals surface area contributed by atoms with Crippen molar-refractivity contribution in [2.45, 2.75) is 73.0 Å². The van der Waals surface area contributed by atoms with E-state index in [0.717, 1.165) is 16.9 Å². The summed E-state index contributed by atoms with van der Waals surface area (Å²) in [6, 6.07) is 0. The molecular formula is C23H30O5. The highest BCUT2D eigenvalue weighted by Gasteiger charge is 2.54. The molecule has 152 valence electrons. The number of rotatable bonds is 4. The van der Waals surface area contributed by atoms with Crippen LogP contribution in [0.1, 0.15) is 70.5 Å². The van der Waals surface area contributed by atoms with E-state index in [-0.39, 0.29) is 24.0 Å². The van der Waals surface area contributed by atoms with Crippen LogP contribution in [-0.4, -0.2) is 18.0 Å². The van der Waals surface area contributed by atoms with E-state index >= 15 is 0 Å². The molecule has 5 nitrogen and oxygen atoms in total. The topological polar surface area (TPSA) is 65.7 Å². The van der Waals surface area contributed by atoms with Gasteiger partial charge in [-0.25, -0.2) is 4.79 Å². The van der Waals surface area contributed by atoms with Gasteiger partial charge in [-0.3, -0.25) is 4.79 Å². The van der Waals surface area contributed by atoms with Crippen molar-refractivity contribution in [2.24, 2.45) is 11.3 Å². The summed E-state index contributed by atoms with van der Waals surface area (Å²) in [6.07, 6.45) is 6.56. The minimum atomic E-state index is -0.459. The summed E-state index contributed by atoms with van der Waals surface area (Å²) < 4.78 is 17.6. The molecule has 0 saturated carbocycles. The average Bonchev–Trinajstić information content (AvgIpc) is 3.05. The van der Waals surface area contributed by atoms with E-state index in [1.807, 2.05) is 13.8 Å². The molecule has 5 heteroatoms. The molecule has 0 bridgehead atoms. The van der Waals surface area contributed by atoms with Crippen molar-refractivity contribution in [3.8, 4) is 0 Å². The summed E-state index contributed by atoms with van der Waals surface area (Å²) in [7, 11) is 0. The lowest BCUT2D eigenvalue weighted by molar-refractivity contribution is -0.166. The lowest BCUT2D eigenvalue weighted by Gasteiger charge is -2.50. The first kappa shape index (κ1) is 20.4. The van der Waals surface area contributed by atoms with Crippen LogP contribution in [0.25, 0.3) is 0 Å². The van der Waals surface area contributed by atoms with Gasteiger partial charge in [0.25, 0.3) is 0 Å². The molecule has 0 saturated heterocycles. The summed E-state index contributed by atoms with van der Waals surface area (Å²) in [5, 5.41) is 0.